The standard InChI is InChI=1S/C13H19N3O4/c1-5-8-16-10(17)7-6-9(15-16)11(18)14-13(2,3)12(19)20-4/h6-7H,5,8H2,1-4H3,(H,14,18). The maximum Gasteiger partial charge on any atom is 0.330 e. The molecule has 1 N–H and O–H groups in total. The third-order valence-corrected chi connectivity index (χ3v) is 2.66. The van der Waals surface area contributed by atoms with Crippen molar-refractivity contribution in [1.29, 1.82) is 0 Å². The molecule has 0 aliphatic carbocycles. The number of rotatable bonds is 5. The number of carbonyl (C=O) groups is 2. The molecule has 1 amide bonds. The number of amides is 1. The van der Waals surface area contributed by atoms with Crippen molar-refractivity contribution in [3.8, 4) is 0 Å². The Labute approximate surface area is 116 Å². The molecule has 0 unspecified atom stereocenters. The van der Waals surface area contributed by atoms with Crippen LogP contribution in [0.1, 0.15) is 37.7 Å². The summed E-state index contributed by atoms with van der Waals surface area (Å²) < 4.78 is 5.83. The molecule has 0 spiro atoms. The molecule has 1 aromatic heterocycles. The zero-order valence-corrected chi connectivity index (χ0v) is 12.1. The van der Waals surface area contributed by atoms with Gasteiger partial charge in [0.25, 0.3) is 11.5 Å². The van der Waals surface area contributed by atoms with Gasteiger partial charge in [-0.1, -0.05) is 6.92 Å². The number of carbonyl (C=O) groups excluding carboxylic acids is 2. The van der Waals surface area contributed by atoms with Crippen LogP contribution in [-0.2, 0) is 16.1 Å². The SMILES string of the molecule is CCCn1nc(C(=O)NC(C)(C)C(=O)OC)ccc1=O. The first kappa shape index (κ1) is 15.9. The van der Waals surface area contributed by atoms with Crippen LogP contribution in [-0.4, -0.2) is 34.3 Å². The first-order valence-electron chi connectivity index (χ1n) is 6.31. The van der Waals surface area contributed by atoms with Gasteiger partial charge in [0.05, 0.1) is 7.11 Å². The van der Waals surface area contributed by atoms with E-state index in [4.69, 9.17) is 0 Å². The van der Waals surface area contributed by atoms with Crippen molar-refractivity contribution in [1.82, 2.24) is 15.1 Å². The van der Waals surface area contributed by atoms with E-state index in [0.717, 1.165) is 6.42 Å². The zero-order valence-electron chi connectivity index (χ0n) is 12.1. The molecule has 0 aromatic carbocycles. The molecular weight excluding hydrogens is 262 g/mol. The lowest BCUT2D eigenvalue weighted by Gasteiger charge is -2.22. The van der Waals surface area contributed by atoms with E-state index >= 15 is 0 Å². The number of methoxy groups -OCH3 is 1. The lowest BCUT2D eigenvalue weighted by molar-refractivity contribution is -0.146. The van der Waals surface area contributed by atoms with Crippen molar-refractivity contribution in [2.75, 3.05) is 7.11 Å². The summed E-state index contributed by atoms with van der Waals surface area (Å²) in [5.74, 6) is -1.10. The van der Waals surface area contributed by atoms with Crippen LogP contribution in [0.2, 0.25) is 0 Å². The largest absolute Gasteiger partial charge is 0.467 e. The lowest BCUT2D eigenvalue weighted by Crippen LogP contribution is -2.50. The van der Waals surface area contributed by atoms with E-state index in [1.807, 2.05) is 6.92 Å². The minimum Gasteiger partial charge on any atom is -0.467 e. The van der Waals surface area contributed by atoms with Gasteiger partial charge in [-0.3, -0.25) is 9.59 Å². The van der Waals surface area contributed by atoms with Gasteiger partial charge in [0, 0.05) is 12.6 Å². The van der Waals surface area contributed by atoms with Crippen molar-refractivity contribution >= 4 is 11.9 Å². The molecule has 7 heteroatoms. The number of nitrogens with one attached hydrogen (secondary N) is 1. The average molecular weight is 281 g/mol. The van der Waals surface area contributed by atoms with Crippen LogP contribution >= 0.6 is 0 Å². The number of aromatic nitrogens is 2. The number of hydrogen-bond acceptors (Lipinski definition) is 5. The fourth-order valence-electron chi connectivity index (χ4n) is 1.60. The molecule has 110 valence electrons. The summed E-state index contributed by atoms with van der Waals surface area (Å²) in [5, 5.41) is 6.49. The highest BCUT2D eigenvalue weighted by molar-refractivity contribution is 5.96. The van der Waals surface area contributed by atoms with Crippen molar-refractivity contribution in [2.24, 2.45) is 0 Å². The molecule has 0 aliphatic heterocycles. The number of hydrogen-bond donors (Lipinski definition) is 1. The Balaban J connectivity index is 2.96. The highest BCUT2D eigenvalue weighted by atomic mass is 16.5. The van der Waals surface area contributed by atoms with Crippen molar-refractivity contribution in [3.63, 3.8) is 0 Å². The van der Waals surface area contributed by atoms with Crippen LogP contribution in [0.15, 0.2) is 16.9 Å². The highest BCUT2D eigenvalue weighted by Crippen LogP contribution is 2.06. The van der Waals surface area contributed by atoms with Crippen LogP contribution in [0.5, 0.6) is 0 Å². The van der Waals surface area contributed by atoms with Crippen LogP contribution in [0.25, 0.3) is 0 Å². The molecule has 1 heterocycles. The van der Waals surface area contributed by atoms with Gasteiger partial charge in [-0.2, -0.15) is 5.10 Å². The summed E-state index contributed by atoms with van der Waals surface area (Å²) in [5.41, 5.74) is -1.36. The zero-order chi connectivity index (χ0) is 15.3. The summed E-state index contributed by atoms with van der Waals surface area (Å²) >= 11 is 0. The summed E-state index contributed by atoms with van der Waals surface area (Å²) in [6.07, 6.45) is 0.728. The molecule has 20 heavy (non-hydrogen) atoms. The Hall–Kier alpha value is -2.18. The highest BCUT2D eigenvalue weighted by Gasteiger charge is 2.31. The molecule has 7 nitrogen and oxygen atoms in total. The molecule has 0 aliphatic rings. The lowest BCUT2D eigenvalue weighted by atomic mass is 10.1. The number of ether oxygens (including phenoxy) is 1. The number of aryl methyl sites for hydroxylation is 1. The molecule has 0 saturated heterocycles. The Morgan fingerprint density at radius 1 is 1.40 bits per heavy atom. The van der Waals surface area contributed by atoms with Crippen LogP contribution < -0.4 is 10.9 Å². The number of nitrogens with zero attached hydrogens (tertiary/aromatic N) is 2. The smallest absolute Gasteiger partial charge is 0.330 e. The Bertz CT molecular complexity index is 563. The normalized spacial score (nSPS) is 11.0. The minimum atomic E-state index is -1.17. The van der Waals surface area contributed by atoms with Gasteiger partial charge in [-0.05, 0) is 26.3 Å². The fraction of sp³-hybridized carbons (Fsp3) is 0.538. The maximum absolute atomic E-state index is 12.1. The Kier molecular flexibility index (Phi) is 5.01. The van der Waals surface area contributed by atoms with E-state index < -0.39 is 17.4 Å². The summed E-state index contributed by atoms with van der Waals surface area (Å²) in [7, 11) is 1.25. The summed E-state index contributed by atoms with van der Waals surface area (Å²) in [4.78, 5) is 35.1. The Morgan fingerprint density at radius 3 is 2.60 bits per heavy atom. The fourth-order valence-corrected chi connectivity index (χ4v) is 1.60. The van der Waals surface area contributed by atoms with Gasteiger partial charge in [0.15, 0.2) is 0 Å². The minimum absolute atomic E-state index is 0.0787. The van der Waals surface area contributed by atoms with Crippen molar-refractivity contribution < 1.29 is 14.3 Å². The van der Waals surface area contributed by atoms with Gasteiger partial charge in [-0.25, -0.2) is 9.48 Å². The molecule has 0 bridgehead atoms. The monoisotopic (exact) mass is 281 g/mol. The van der Waals surface area contributed by atoms with Gasteiger partial charge in [0.1, 0.15) is 11.2 Å². The molecule has 0 saturated carbocycles. The maximum atomic E-state index is 12.1. The second kappa shape index (κ2) is 6.31. The third kappa shape index (κ3) is 3.66. The topological polar surface area (TPSA) is 90.3 Å². The quantitative estimate of drug-likeness (QED) is 0.786. The van der Waals surface area contributed by atoms with Crippen LogP contribution in [0.4, 0.5) is 0 Å². The second-order valence-corrected chi connectivity index (χ2v) is 4.85. The van der Waals surface area contributed by atoms with E-state index in [-0.39, 0.29) is 11.3 Å². The molecule has 0 fully saturated rings. The van der Waals surface area contributed by atoms with E-state index in [0.29, 0.717) is 6.54 Å². The first-order chi connectivity index (χ1) is 9.31. The van der Waals surface area contributed by atoms with E-state index in [2.05, 4.69) is 15.2 Å². The first-order valence-corrected chi connectivity index (χ1v) is 6.31. The second-order valence-electron chi connectivity index (χ2n) is 4.85. The van der Waals surface area contributed by atoms with Crippen LogP contribution in [0, 0.1) is 0 Å². The molecule has 1 rings (SSSR count). The van der Waals surface area contributed by atoms with E-state index in [9.17, 15) is 14.4 Å². The van der Waals surface area contributed by atoms with Crippen LogP contribution in [0.3, 0.4) is 0 Å². The van der Waals surface area contributed by atoms with Gasteiger partial charge in [-0.15, -0.1) is 0 Å². The third-order valence-electron chi connectivity index (χ3n) is 2.66. The van der Waals surface area contributed by atoms with Gasteiger partial charge < -0.3 is 10.1 Å². The number of esters is 1. The van der Waals surface area contributed by atoms with E-state index in [1.165, 1.54) is 37.8 Å². The predicted octanol–water partition coefficient (Wildman–Crippen LogP) is 0.335. The van der Waals surface area contributed by atoms with Gasteiger partial charge in [0.2, 0.25) is 0 Å². The Morgan fingerprint density at radius 2 is 2.05 bits per heavy atom. The van der Waals surface area contributed by atoms with Crippen molar-refractivity contribution in [3.05, 3.63) is 28.2 Å². The molecule has 0 radical (unpaired) electrons. The molecule has 1 aromatic rings. The summed E-state index contributed by atoms with van der Waals surface area (Å²) in [6, 6.07) is 2.61. The average Bonchev–Trinajstić information content (AvgIpc) is 2.39. The molecule has 0 atom stereocenters. The van der Waals surface area contributed by atoms with E-state index in [1.54, 1.807) is 0 Å². The summed E-state index contributed by atoms with van der Waals surface area (Å²) in [6.45, 7) is 5.39. The van der Waals surface area contributed by atoms with Gasteiger partial charge >= 0.3 is 5.97 Å². The molecular formula is C13H19N3O4. The predicted molar refractivity (Wildman–Crippen MR) is 72.3 cm³/mol. The van der Waals surface area contributed by atoms with Crippen molar-refractivity contribution in [2.45, 2.75) is 39.3 Å².